The molecule has 2 rings (SSSR count). The van der Waals surface area contributed by atoms with Crippen LogP contribution < -0.4 is 10.6 Å². The van der Waals surface area contributed by atoms with Crippen molar-refractivity contribution in [3.63, 3.8) is 0 Å². The van der Waals surface area contributed by atoms with Gasteiger partial charge >= 0.3 is 0 Å². The molecule has 1 unspecified atom stereocenters. The fourth-order valence-electron chi connectivity index (χ4n) is 2.85. The molecule has 142 valence electrons. The van der Waals surface area contributed by atoms with Gasteiger partial charge in [0, 0.05) is 38.2 Å². The van der Waals surface area contributed by atoms with Gasteiger partial charge in [-0.1, -0.05) is 38.7 Å². The molecule has 0 aromatic carbocycles. The van der Waals surface area contributed by atoms with Crippen LogP contribution >= 0.6 is 0 Å². The fourth-order valence-corrected chi connectivity index (χ4v) is 2.85. The molecule has 1 atom stereocenters. The summed E-state index contributed by atoms with van der Waals surface area (Å²) in [6, 6.07) is 4.51. The molecule has 2 aromatic heterocycles. The predicted molar refractivity (Wildman–Crippen MR) is 108 cm³/mol. The van der Waals surface area contributed by atoms with Gasteiger partial charge in [-0.15, -0.1) is 0 Å². The zero-order valence-electron chi connectivity index (χ0n) is 16.5. The highest BCUT2D eigenvalue weighted by Gasteiger charge is 2.06. The average Bonchev–Trinajstić information content (AvgIpc) is 3.08. The second-order valence-electron chi connectivity index (χ2n) is 6.69. The van der Waals surface area contributed by atoms with Crippen LogP contribution in [0.1, 0.15) is 57.3 Å². The SMILES string of the molecule is CCCCCCC(C)NC(=NC)NCc1ccc(-n2ccnc2C)nc1. The Labute approximate surface area is 157 Å². The Morgan fingerprint density at radius 3 is 2.69 bits per heavy atom. The first kappa shape index (κ1) is 19.9. The lowest BCUT2D eigenvalue weighted by Gasteiger charge is -2.18. The molecule has 0 spiro atoms. The number of pyridine rings is 1. The van der Waals surface area contributed by atoms with Crippen LogP contribution in [0.4, 0.5) is 0 Å². The summed E-state index contributed by atoms with van der Waals surface area (Å²) in [7, 11) is 1.81. The van der Waals surface area contributed by atoms with Gasteiger partial charge in [-0.25, -0.2) is 9.97 Å². The maximum absolute atomic E-state index is 4.53. The summed E-state index contributed by atoms with van der Waals surface area (Å²) in [6.07, 6.45) is 11.9. The highest BCUT2D eigenvalue weighted by atomic mass is 15.2. The van der Waals surface area contributed by atoms with E-state index < -0.39 is 0 Å². The van der Waals surface area contributed by atoms with E-state index in [2.05, 4.69) is 45.5 Å². The van der Waals surface area contributed by atoms with Crippen molar-refractivity contribution in [1.29, 1.82) is 0 Å². The normalized spacial score (nSPS) is 12.8. The van der Waals surface area contributed by atoms with E-state index in [4.69, 9.17) is 0 Å². The molecule has 2 N–H and O–H groups in total. The molecule has 6 nitrogen and oxygen atoms in total. The lowest BCUT2D eigenvalue weighted by Crippen LogP contribution is -2.41. The van der Waals surface area contributed by atoms with Crippen molar-refractivity contribution in [3.8, 4) is 5.82 Å². The Bertz CT molecular complexity index is 674. The third-order valence-corrected chi connectivity index (χ3v) is 4.44. The van der Waals surface area contributed by atoms with Crippen molar-refractivity contribution in [2.24, 2.45) is 4.99 Å². The van der Waals surface area contributed by atoms with Gasteiger partial charge in [-0.05, 0) is 31.9 Å². The quantitative estimate of drug-likeness (QED) is 0.409. The number of aliphatic imine (C=N–C) groups is 1. The molecule has 0 aliphatic carbocycles. The van der Waals surface area contributed by atoms with Crippen molar-refractivity contribution >= 4 is 5.96 Å². The number of nitrogens with zero attached hydrogens (tertiary/aromatic N) is 4. The molecule has 0 saturated carbocycles. The molecule has 2 aromatic rings. The van der Waals surface area contributed by atoms with Gasteiger partial charge in [0.25, 0.3) is 0 Å². The number of hydrogen-bond acceptors (Lipinski definition) is 3. The average molecular weight is 357 g/mol. The summed E-state index contributed by atoms with van der Waals surface area (Å²) in [5, 5.41) is 6.82. The van der Waals surface area contributed by atoms with Crippen LogP contribution in [0.5, 0.6) is 0 Å². The number of hydrogen-bond donors (Lipinski definition) is 2. The van der Waals surface area contributed by atoms with E-state index in [-0.39, 0.29) is 0 Å². The first-order chi connectivity index (χ1) is 12.6. The number of aromatic nitrogens is 3. The summed E-state index contributed by atoms with van der Waals surface area (Å²) < 4.78 is 1.97. The maximum Gasteiger partial charge on any atom is 0.191 e. The predicted octanol–water partition coefficient (Wildman–Crippen LogP) is 3.60. The highest BCUT2D eigenvalue weighted by molar-refractivity contribution is 5.79. The molecule has 0 amide bonds. The third-order valence-electron chi connectivity index (χ3n) is 4.44. The zero-order valence-corrected chi connectivity index (χ0v) is 16.5. The van der Waals surface area contributed by atoms with E-state index in [0.717, 1.165) is 23.2 Å². The maximum atomic E-state index is 4.53. The number of aryl methyl sites for hydroxylation is 1. The van der Waals surface area contributed by atoms with Crippen LogP contribution in [0.15, 0.2) is 35.7 Å². The standard InChI is InChI=1S/C20H32N6/c1-5-6-7-8-9-16(2)25-20(21-4)24-15-18-10-11-19(23-14-18)26-13-12-22-17(26)3/h10-14,16H,5-9,15H2,1-4H3,(H2,21,24,25). The van der Waals surface area contributed by atoms with E-state index >= 15 is 0 Å². The molecule has 6 heteroatoms. The number of nitrogens with one attached hydrogen (secondary N) is 2. The Morgan fingerprint density at radius 2 is 2.08 bits per heavy atom. The van der Waals surface area contributed by atoms with Crippen LogP contribution in [0.2, 0.25) is 0 Å². The van der Waals surface area contributed by atoms with Crippen LogP contribution in [0.3, 0.4) is 0 Å². The van der Waals surface area contributed by atoms with Crippen LogP contribution in [0.25, 0.3) is 5.82 Å². The molecule has 26 heavy (non-hydrogen) atoms. The van der Waals surface area contributed by atoms with Crippen LogP contribution in [-0.4, -0.2) is 33.6 Å². The Balaban J connectivity index is 1.80. The van der Waals surface area contributed by atoms with Crippen molar-refractivity contribution in [3.05, 3.63) is 42.1 Å². The van der Waals surface area contributed by atoms with Gasteiger partial charge in [-0.2, -0.15) is 0 Å². The molecule has 0 aliphatic rings. The Hall–Kier alpha value is -2.37. The molecular formula is C20H32N6. The summed E-state index contributed by atoms with van der Waals surface area (Å²) in [4.78, 5) is 13.1. The first-order valence-electron chi connectivity index (χ1n) is 9.56. The summed E-state index contributed by atoms with van der Waals surface area (Å²) in [5.41, 5.74) is 1.12. The van der Waals surface area contributed by atoms with Gasteiger partial charge < -0.3 is 10.6 Å². The minimum Gasteiger partial charge on any atom is -0.354 e. The van der Waals surface area contributed by atoms with E-state index in [0.29, 0.717) is 12.6 Å². The fraction of sp³-hybridized carbons (Fsp3) is 0.550. The van der Waals surface area contributed by atoms with Crippen molar-refractivity contribution in [2.45, 2.75) is 65.5 Å². The number of rotatable bonds is 9. The van der Waals surface area contributed by atoms with Gasteiger partial charge in [0.2, 0.25) is 0 Å². The van der Waals surface area contributed by atoms with Crippen LogP contribution in [-0.2, 0) is 6.54 Å². The molecular weight excluding hydrogens is 324 g/mol. The topological polar surface area (TPSA) is 67.1 Å². The lowest BCUT2D eigenvalue weighted by atomic mass is 10.1. The van der Waals surface area contributed by atoms with E-state index in [1.54, 1.807) is 6.20 Å². The summed E-state index contributed by atoms with van der Waals surface area (Å²) >= 11 is 0. The minimum atomic E-state index is 0.419. The molecule has 0 bridgehead atoms. The smallest absolute Gasteiger partial charge is 0.191 e. The highest BCUT2D eigenvalue weighted by Crippen LogP contribution is 2.08. The van der Waals surface area contributed by atoms with Crippen molar-refractivity contribution < 1.29 is 0 Å². The summed E-state index contributed by atoms with van der Waals surface area (Å²) in [6.45, 7) is 7.11. The molecule has 0 radical (unpaired) electrons. The van der Waals surface area contributed by atoms with Crippen molar-refractivity contribution in [2.75, 3.05) is 7.05 Å². The van der Waals surface area contributed by atoms with Gasteiger partial charge in [0.05, 0.1) is 0 Å². The molecule has 2 heterocycles. The molecule has 0 aliphatic heterocycles. The number of imidazole rings is 1. The van der Waals surface area contributed by atoms with E-state index in [1.807, 2.05) is 37.0 Å². The monoisotopic (exact) mass is 356 g/mol. The summed E-state index contributed by atoms with van der Waals surface area (Å²) in [5.74, 6) is 2.65. The third kappa shape index (κ3) is 6.17. The van der Waals surface area contributed by atoms with Gasteiger partial charge in [0.1, 0.15) is 11.6 Å². The van der Waals surface area contributed by atoms with E-state index in [1.165, 1.54) is 32.1 Å². The van der Waals surface area contributed by atoms with Crippen molar-refractivity contribution in [1.82, 2.24) is 25.2 Å². The largest absolute Gasteiger partial charge is 0.354 e. The second-order valence-corrected chi connectivity index (χ2v) is 6.69. The Morgan fingerprint density at radius 1 is 1.23 bits per heavy atom. The minimum absolute atomic E-state index is 0.419. The van der Waals surface area contributed by atoms with Gasteiger partial charge in [-0.3, -0.25) is 9.56 Å². The Kier molecular flexibility index (Phi) is 8.12. The lowest BCUT2D eigenvalue weighted by molar-refractivity contribution is 0.537. The van der Waals surface area contributed by atoms with Gasteiger partial charge in [0.15, 0.2) is 5.96 Å². The zero-order chi connectivity index (χ0) is 18.8. The second kappa shape index (κ2) is 10.6. The van der Waals surface area contributed by atoms with Crippen LogP contribution in [0, 0.1) is 6.92 Å². The van der Waals surface area contributed by atoms with E-state index in [9.17, 15) is 0 Å². The molecule has 0 saturated heterocycles. The first-order valence-corrected chi connectivity index (χ1v) is 9.56. The number of guanidine groups is 1. The molecule has 0 fully saturated rings. The number of unbranched alkanes of at least 4 members (excludes halogenated alkanes) is 3.